The van der Waals surface area contributed by atoms with Crippen molar-refractivity contribution < 1.29 is 18.8 Å². The summed E-state index contributed by atoms with van der Waals surface area (Å²) in [5, 5.41) is 7.96. The van der Waals surface area contributed by atoms with E-state index < -0.39 is 23.4 Å². The summed E-state index contributed by atoms with van der Waals surface area (Å²) in [6.45, 7) is 5.61. The molecule has 4 amide bonds. The number of aryl methyl sites for hydroxylation is 1. The predicted molar refractivity (Wildman–Crippen MR) is 116 cm³/mol. The van der Waals surface area contributed by atoms with Gasteiger partial charge in [0.25, 0.3) is 0 Å². The van der Waals surface area contributed by atoms with Crippen LogP contribution in [0.4, 0.5) is 14.9 Å². The van der Waals surface area contributed by atoms with Crippen LogP contribution in [0.25, 0.3) is 0 Å². The average molecular weight is 426 g/mol. The molecule has 0 saturated carbocycles. The zero-order valence-corrected chi connectivity index (χ0v) is 18.0. The molecule has 2 aromatic rings. The van der Waals surface area contributed by atoms with Crippen LogP contribution < -0.4 is 16.0 Å². The zero-order chi connectivity index (χ0) is 22.8. The monoisotopic (exact) mass is 426 g/mol. The number of nitrogens with zero attached hydrogens (tertiary/aromatic N) is 1. The first kappa shape index (κ1) is 22.3. The van der Waals surface area contributed by atoms with E-state index in [1.165, 1.54) is 36.2 Å². The second kappa shape index (κ2) is 8.75. The molecule has 8 heteroatoms. The third-order valence-corrected chi connectivity index (χ3v) is 5.67. The molecule has 1 fully saturated rings. The van der Waals surface area contributed by atoms with Crippen LogP contribution in [0, 0.1) is 12.7 Å². The average Bonchev–Trinajstić information content (AvgIpc) is 3.06. The predicted octanol–water partition coefficient (Wildman–Crippen LogP) is 2.77. The van der Waals surface area contributed by atoms with Crippen molar-refractivity contribution in [1.29, 1.82) is 0 Å². The maximum atomic E-state index is 13.3. The number of amides is 4. The first-order valence-corrected chi connectivity index (χ1v) is 10.1. The molecular formula is C23H27FN4O3. The quantitative estimate of drug-likeness (QED) is 0.687. The fourth-order valence-corrected chi connectivity index (χ4v) is 3.78. The standard InChI is InChI=1S/C23H27FN4O3/c1-14-5-7-15(8-6-14)18-13-28(23(2,3)21(30)25-4)20(29)19(18)27-22(31)26-17-11-9-16(24)10-12-17/h5-12,18-19H,13H2,1-4H3,(H,25,30)(H2,26,27,31)/t18-,19-/m0/s1. The van der Waals surface area contributed by atoms with E-state index in [1.807, 2.05) is 31.2 Å². The molecule has 7 nitrogen and oxygen atoms in total. The second-order valence-corrected chi connectivity index (χ2v) is 8.19. The largest absolute Gasteiger partial charge is 0.357 e. The highest BCUT2D eigenvalue weighted by atomic mass is 19.1. The molecule has 0 aliphatic carbocycles. The lowest BCUT2D eigenvalue weighted by atomic mass is 9.93. The van der Waals surface area contributed by atoms with Gasteiger partial charge in [0.15, 0.2) is 0 Å². The molecule has 0 aromatic heterocycles. The number of carbonyl (C=O) groups excluding carboxylic acids is 3. The summed E-state index contributed by atoms with van der Waals surface area (Å²) in [7, 11) is 1.52. The third kappa shape index (κ3) is 4.68. The summed E-state index contributed by atoms with van der Waals surface area (Å²) in [5.74, 6) is -1.38. The molecule has 0 radical (unpaired) electrons. The van der Waals surface area contributed by atoms with Gasteiger partial charge in [0.05, 0.1) is 0 Å². The highest BCUT2D eigenvalue weighted by molar-refractivity contribution is 5.98. The Morgan fingerprint density at radius 2 is 1.68 bits per heavy atom. The van der Waals surface area contributed by atoms with E-state index in [4.69, 9.17) is 0 Å². The van der Waals surface area contributed by atoms with Gasteiger partial charge in [0, 0.05) is 25.2 Å². The number of anilines is 1. The molecule has 2 aromatic carbocycles. The first-order chi connectivity index (χ1) is 14.6. The minimum atomic E-state index is -1.08. The van der Waals surface area contributed by atoms with Crippen molar-refractivity contribution in [2.75, 3.05) is 18.9 Å². The molecule has 3 N–H and O–H groups in total. The molecule has 1 aliphatic heterocycles. The van der Waals surface area contributed by atoms with E-state index in [0.29, 0.717) is 5.69 Å². The Bertz CT molecular complexity index is 973. The molecule has 0 bridgehead atoms. The molecule has 3 rings (SSSR count). The van der Waals surface area contributed by atoms with E-state index in [-0.39, 0.29) is 24.3 Å². The van der Waals surface area contributed by atoms with Gasteiger partial charge in [0.1, 0.15) is 17.4 Å². The zero-order valence-electron chi connectivity index (χ0n) is 18.0. The van der Waals surface area contributed by atoms with Crippen LogP contribution in [-0.4, -0.2) is 47.9 Å². The summed E-state index contributed by atoms with van der Waals surface area (Å²) in [6, 6.07) is 11.6. The SMILES string of the molecule is CNC(=O)C(C)(C)N1C[C@@H](c2ccc(C)cc2)[C@H](NC(=O)Nc2ccc(F)cc2)C1=O. The Labute approximate surface area is 181 Å². The normalized spacial score (nSPS) is 18.6. The smallest absolute Gasteiger partial charge is 0.319 e. The van der Waals surface area contributed by atoms with Crippen LogP contribution in [0.1, 0.15) is 30.9 Å². The van der Waals surface area contributed by atoms with Gasteiger partial charge in [-0.3, -0.25) is 9.59 Å². The van der Waals surface area contributed by atoms with Gasteiger partial charge in [-0.15, -0.1) is 0 Å². The van der Waals surface area contributed by atoms with Crippen molar-refractivity contribution >= 4 is 23.5 Å². The van der Waals surface area contributed by atoms with Crippen LogP contribution in [0.3, 0.4) is 0 Å². The molecule has 164 valence electrons. The number of nitrogens with one attached hydrogen (secondary N) is 3. The molecule has 1 heterocycles. The first-order valence-electron chi connectivity index (χ1n) is 10.1. The topological polar surface area (TPSA) is 90.5 Å². The van der Waals surface area contributed by atoms with Crippen molar-refractivity contribution in [3.05, 3.63) is 65.5 Å². The van der Waals surface area contributed by atoms with Gasteiger partial charge in [-0.05, 0) is 50.6 Å². The van der Waals surface area contributed by atoms with Gasteiger partial charge < -0.3 is 20.9 Å². The number of likely N-dealkylation sites (N-methyl/N-ethyl adjacent to an activating group) is 1. The number of likely N-dealkylation sites (tertiary alicyclic amines) is 1. The Kier molecular flexibility index (Phi) is 6.29. The molecular weight excluding hydrogens is 399 g/mol. The Morgan fingerprint density at radius 3 is 2.26 bits per heavy atom. The van der Waals surface area contributed by atoms with Crippen molar-refractivity contribution in [2.24, 2.45) is 0 Å². The van der Waals surface area contributed by atoms with Crippen molar-refractivity contribution in [1.82, 2.24) is 15.5 Å². The minimum Gasteiger partial charge on any atom is -0.357 e. The molecule has 1 saturated heterocycles. The van der Waals surface area contributed by atoms with Crippen molar-refractivity contribution in [2.45, 2.75) is 38.3 Å². The fraction of sp³-hybridized carbons (Fsp3) is 0.348. The number of halogens is 1. The van der Waals surface area contributed by atoms with E-state index >= 15 is 0 Å². The van der Waals surface area contributed by atoms with Crippen LogP contribution in [0.15, 0.2) is 48.5 Å². The molecule has 1 aliphatic rings. The van der Waals surface area contributed by atoms with Gasteiger partial charge in [-0.25, -0.2) is 9.18 Å². The van der Waals surface area contributed by atoms with E-state index in [0.717, 1.165) is 11.1 Å². The Balaban J connectivity index is 1.86. The summed E-state index contributed by atoms with van der Waals surface area (Å²) >= 11 is 0. The maximum absolute atomic E-state index is 13.3. The lowest BCUT2D eigenvalue weighted by molar-refractivity contribution is -0.143. The van der Waals surface area contributed by atoms with Crippen molar-refractivity contribution in [3.8, 4) is 0 Å². The minimum absolute atomic E-state index is 0.282. The second-order valence-electron chi connectivity index (χ2n) is 8.19. The molecule has 0 spiro atoms. The number of urea groups is 1. The van der Waals surface area contributed by atoms with E-state index in [1.54, 1.807) is 13.8 Å². The van der Waals surface area contributed by atoms with Gasteiger partial charge in [0.2, 0.25) is 11.8 Å². The van der Waals surface area contributed by atoms with Crippen LogP contribution in [0.5, 0.6) is 0 Å². The van der Waals surface area contributed by atoms with Gasteiger partial charge in [-0.1, -0.05) is 29.8 Å². The lowest BCUT2D eigenvalue weighted by Crippen LogP contribution is -2.56. The van der Waals surface area contributed by atoms with E-state index in [9.17, 15) is 18.8 Å². The summed E-state index contributed by atoms with van der Waals surface area (Å²) in [5.41, 5.74) is 1.28. The fourth-order valence-electron chi connectivity index (χ4n) is 3.78. The molecule has 0 unspecified atom stereocenters. The maximum Gasteiger partial charge on any atom is 0.319 e. The highest BCUT2D eigenvalue weighted by Crippen LogP contribution is 2.33. The summed E-state index contributed by atoms with van der Waals surface area (Å²) in [6.07, 6.45) is 0. The Hall–Kier alpha value is -3.42. The number of benzene rings is 2. The number of hydrogen-bond acceptors (Lipinski definition) is 3. The van der Waals surface area contributed by atoms with Crippen LogP contribution in [-0.2, 0) is 9.59 Å². The van der Waals surface area contributed by atoms with Crippen LogP contribution in [0.2, 0.25) is 0 Å². The van der Waals surface area contributed by atoms with Gasteiger partial charge in [-0.2, -0.15) is 0 Å². The number of carbonyl (C=O) groups is 3. The number of hydrogen-bond donors (Lipinski definition) is 3. The summed E-state index contributed by atoms with van der Waals surface area (Å²) in [4.78, 5) is 39.8. The lowest BCUT2D eigenvalue weighted by Gasteiger charge is -2.34. The molecule has 31 heavy (non-hydrogen) atoms. The van der Waals surface area contributed by atoms with Gasteiger partial charge >= 0.3 is 6.03 Å². The Morgan fingerprint density at radius 1 is 1.06 bits per heavy atom. The van der Waals surface area contributed by atoms with Crippen LogP contribution >= 0.6 is 0 Å². The van der Waals surface area contributed by atoms with E-state index in [2.05, 4.69) is 16.0 Å². The number of rotatable bonds is 5. The molecule has 2 atom stereocenters. The highest BCUT2D eigenvalue weighted by Gasteiger charge is 2.49. The van der Waals surface area contributed by atoms with Crippen molar-refractivity contribution in [3.63, 3.8) is 0 Å². The third-order valence-electron chi connectivity index (χ3n) is 5.67. The summed E-state index contributed by atoms with van der Waals surface area (Å²) < 4.78 is 13.1.